The molecule has 92 valence electrons. The second kappa shape index (κ2) is 5.72. The Morgan fingerprint density at radius 1 is 1.06 bits per heavy atom. The van der Waals surface area contributed by atoms with Gasteiger partial charge in [0.1, 0.15) is 11.5 Å². The number of methoxy groups -OCH3 is 1. The highest BCUT2D eigenvalue weighted by atomic mass is 16.5. The molecule has 0 radical (unpaired) electrons. The molecule has 4 heteroatoms. The van der Waals surface area contributed by atoms with Gasteiger partial charge in [0.05, 0.1) is 19.0 Å². The summed E-state index contributed by atoms with van der Waals surface area (Å²) in [6.45, 7) is 0. The molecule has 0 saturated carbocycles. The van der Waals surface area contributed by atoms with Gasteiger partial charge < -0.3 is 9.84 Å². The van der Waals surface area contributed by atoms with Crippen molar-refractivity contribution < 1.29 is 9.84 Å². The van der Waals surface area contributed by atoms with Gasteiger partial charge in [-0.15, -0.1) is 0 Å². The van der Waals surface area contributed by atoms with Crippen LogP contribution in [0.5, 0.6) is 11.5 Å². The van der Waals surface area contributed by atoms with Crippen LogP contribution in [0.1, 0.15) is 5.56 Å². The molecule has 0 unspecified atom stereocenters. The lowest BCUT2D eigenvalue weighted by Gasteiger charge is -2.02. The van der Waals surface area contributed by atoms with Gasteiger partial charge in [0, 0.05) is 0 Å². The second-order valence-corrected chi connectivity index (χ2v) is 3.69. The van der Waals surface area contributed by atoms with E-state index in [4.69, 9.17) is 9.84 Å². The maximum atomic E-state index is 9.14. The first-order valence-corrected chi connectivity index (χ1v) is 5.50. The largest absolute Gasteiger partial charge is 0.508 e. The quantitative estimate of drug-likeness (QED) is 0.640. The van der Waals surface area contributed by atoms with Crippen molar-refractivity contribution >= 4 is 11.9 Å². The minimum absolute atomic E-state index is 0.246. The summed E-state index contributed by atoms with van der Waals surface area (Å²) in [4.78, 5) is 0. The van der Waals surface area contributed by atoms with Gasteiger partial charge in [0.25, 0.3) is 0 Å². The summed E-state index contributed by atoms with van der Waals surface area (Å²) in [6.07, 6.45) is 1.68. The van der Waals surface area contributed by atoms with E-state index in [0.29, 0.717) is 0 Å². The Kier molecular flexibility index (Phi) is 3.81. The van der Waals surface area contributed by atoms with Gasteiger partial charge in [-0.1, -0.05) is 0 Å². The molecule has 0 amide bonds. The summed E-state index contributed by atoms with van der Waals surface area (Å²) in [5, 5.41) is 13.2. The van der Waals surface area contributed by atoms with Crippen LogP contribution in [-0.2, 0) is 0 Å². The standard InChI is InChI=1S/C14H14N2O2/c1-18-14-8-4-12(5-9-14)16-15-10-11-2-6-13(17)7-3-11/h2-10,16-17H,1H3/b15-10-. The molecule has 0 aliphatic heterocycles. The Bertz CT molecular complexity index is 518. The highest BCUT2D eigenvalue weighted by molar-refractivity contribution is 5.80. The summed E-state index contributed by atoms with van der Waals surface area (Å²) in [7, 11) is 1.63. The van der Waals surface area contributed by atoms with E-state index in [1.165, 1.54) is 0 Å². The highest BCUT2D eigenvalue weighted by Gasteiger charge is 1.92. The van der Waals surface area contributed by atoms with Crippen LogP contribution in [0.15, 0.2) is 53.6 Å². The van der Waals surface area contributed by atoms with Gasteiger partial charge in [0.2, 0.25) is 0 Å². The lowest BCUT2D eigenvalue weighted by Crippen LogP contribution is -1.90. The van der Waals surface area contributed by atoms with Crippen molar-refractivity contribution in [1.29, 1.82) is 0 Å². The molecule has 0 fully saturated rings. The molecule has 2 rings (SSSR count). The Hall–Kier alpha value is -2.49. The van der Waals surface area contributed by atoms with Crippen molar-refractivity contribution in [2.24, 2.45) is 5.10 Å². The van der Waals surface area contributed by atoms with E-state index in [0.717, 1.165) is 17.0 Å². The first kappa shape index (κ1) is 12.0. The van der Waals surface area contributed by atoms with Gasteiger partial charge in [0.15, 0.2) is 0 Å². The number of hydrazone groups is 1. The number of rotatable bonds is 4. The fourth-order valence-corrected chi connectivity index (χ4v) is 1.41. The third kappa shape index (κ3) is 3.25. The summed E-state index contributed by atoms with van der Waals surface area (Å²) in [5.74, 6) is 1.05. The molecule has 0 aromatic heterocycles. The number of anilines is 1. The minimum Gasteiger partial charge on any atom is -0.508 e. The Labute approximate surface area is 106 Å². The summed E-state index contributed by atoms with van der Waals surface area (Å²) in [5.41, 5.74) is 4.70. The monoisotopic (exact) mass is 242 g/mol. The van der Waals surface area contributed by atoms with E-state index in [1.54, 1.807) is 37.6 Å². The second-order valence-electron chi connectivity index (χ2n) is 3.69. The third-order valence-electron chi connectivity index (χ3n) is 2.39. The van der Waals surface area contributed by atoms with Crippen molar-refractivity contribution in [3.63, 3.8) is 0 Å². The lowest BCUT2D eigenvalue weighted by atomic mass is 10.2. The van der Waals surface area contributed by atoms with Crippen LogP contribution in [-0.4, -0.2) is 18.4 Å². The van der Waals surface area contributed by atoms with Crippen LogP contribution in [0.25, 0.3) is 0 Å². The van der Waals surface area contributed by atoms with E-state index in [1.807, 2.05) is 24.3 Å². The summed E-state index contributed by atoms with van der Waals surface area (Å²) >= 11 is 0. The topological polar surface area (TPSA) is 53.8 Å². The van der Waals surface area contributed by atoms with Crippen molar-refractivity contribution in [2.75, 3.05) is 12.5 Å². The van der Waals surface area contributed by atoms with E-state index in [-0.39, 0.29) is 5.75 Å². The normalized spacial score (nSPS) is 10.5. The average Bonchev–Trinajstić information content (AvgIpc) is 2.42. The smallest absolute Gasteiger partial charge is 0.119 e. The number of phenolic OH excluding ortho intramolecular Hbond substituents is 1. The van der Waals surface area contributed by atoms with E-state index >= 15 is 0 Å². The van der Waals surface area contributed by atoms with Crippen molar-refractivity contribution in [1.82, 2.24) is 0 Å². The molecule has 4 nitrogen and oxygen atoms in total. The number of phenols is 1. The van der Waals surface area contributed by atoms with E-state index in [2.05, 4.69) is 10.5 Å². The molecule has 18 heavy (non-hydrogen) atoms. The average molecular weight is 242 g/mol. The lowest BCUT2D eigenvalue weighted by molar-refractivity contribution is 0.415. The number of ether oxygens (including phenoxy) is 1. The van der Waals surface area contributed by atoms with E-state index in [9.17, 15) is 0 Å². The SMILES string of the molecule is COc1ccc(N/N=C\c2ccc(O)cc2)cc1. The zero-order chi connectivity index (χ0) is 12.8. The number of hydrogen-bond donors (Lipinski definition) is 2. The van der Waals surface area contributed by atoms with Gasteiger partial charge in [-0.2, -0.15) is 5.10 Å². The van der Waals surface area contributed by atoms with Crippen LogP contribution in [0, 0.1) is 0 Å². The number of nitrogens with one attached hydrogen (secondary N) is 1. The zero-order valence-electron chi connectivity index (χ0n) is 10.00. The molecule has 0 saturated heterocycles. The predicted molar refractivity (Wildman–Crippen MR) is 72.3 cm³/mol. The third-order valence-corrected chi connectivity index (χ3v) is 2.39. The molecule has 0 bridgehead atoms. The number of hydrogen-bond acceptors (Lipinski definition) is 4. The maximum absolute atomic E-state index is 9.14. The van der Waals surface area contributed by atoms with E-state index < -0.39 is 0 Å². The number of benzene rings is 2. The Morgan fingerprint density at radius 3 is 2.33 bits per heavy atom. The number of nitrogens with zero attached hydrogens (tertiary/aromatic N) is 1. The van der Waals surface area contributed by atoms with Gasteiger partial charge >= 0.3 is 0 Å². The molecule has 0 atom stereocenters. The van der Waals surface area contributed by atoms with Gasteiger partial charge in [-0.25, -0.2) is 0 Å². The number of aromatic hydroxyl groups is 1. The van der Waals surface area contributed by atoms with Crippen molar-refractivity contribution in [3.8, 4) is 11.5 Å². The minimum atomic E-state index is 0.246. The predicted octanol–water partition coefficient (Wildman–Crippen LogP) is 2.85. The first-order chi connectivity index (χ1) is 8.78. The zero-order valence-corrected chi connectivity index (χ0v) is 10.00. The Balaban J connectivity index is 1.95. The maximum Gasteiger partial charge on any atom is 0.119 e. The van der Waals surface area contributed by atoms with Crippen LogP contribution in [0.2, 0.25) is 0 Å². The molecule has 2 N–H and O–H groups in total. The molecule has 0 aliphatic carbocycles. The highest BCUT2D eigenvalue weighted by Crippen LogP contribution is 2.14. The fraction of sp³-hybridized carbons (Fsp3) is 0.0714. The van der Waals surface area contributed by atoms with Gasteiger partial charge in [-0.3, -0.25) is 5.43 Å². The van der Waals surface area contributed by atoms with Crippen molar-refractivity contribution in [2.45, 2.75) is 0 Å². The van der Waals surface area contributed by atoms with Crippen molar-refractivity contribution in [3.05, 3.63) is 54.1 Å². The molecular weight excluding hydrogens is 228 g/mol. The molecule has 0 aliphatic rings. The molecule has 2 aromatic rings. The van der Waals surface area contributed by atoms with Crippen LogP contribution < -0.4 is 10.2 Å². The Morgan fingerprint density at radius 2 is 1.72 bits per heavy atom. The molecule has 0 heterocycles. The molecule has 2 aromatic carbocycles. The summed E-state index contributed by atoms with van der Waals surface area (Å²) < 4.78 is 5.06. The molecular formula is C14H14N2O2. The van der Waals surface area contributed by atoms with Crippen LogP contribution in [0.4, 0.5) is 5.69 Å². The van der Waals surface area contributed by atoms with Gasteiger partial charge in [-0.05, 0) is 54.1 Å². The van der Waals surface area contributed by atoms with Crippen LogP contribution >= 0.6 is 0 Å². The summed E-state index contributed by atoms with van der Waals surface area (Å²) in [6, 6.07) is 14.3. The van der Waals surface area contributed by atoms with Crippen LogP contribution in [0.3, 0.4) is 0 Å². The fourth-order valence-electron chi connectivity index (χ4n) is 1.41. The first-order valence-electron chi connectivity index (χ1n) is 5.50. The molecule has 0 spiro atoms.